The molecule has 1 unspecified atom stereocenters. The number of primary amides is 1. The predicted octanol–water partition coefficient (Wildman–Crippen LogP) is 0.978. The Morgan fingerprint density at radius 2 is 2.10 bits per heavy atom. The van der Waals surface area contributed by atoms with Gasteiger partial charge in [-0.05, 0) is 24.7 Å². The van der Waals surface area contributed by atoms with E-state index < -0.39 is 5.91 Å². The van der Waals surface area contributed by atoms with Gasteiger partial charge in [0.15, 0.2) is 0 Å². The molecule has 6 nitrogen and oxygen atoms in total. The number of anilines is 1. The normalized spacial score (nSPS) is 11.8. The van der Waals surface area contributed by atoms with Gasteiger partial charge in [-0.1, -0.05) is 13.8 Å². The zero-order valence-corrected chi connectivity index (χ0v) is 12.0. The van der Waals surface area contributed by atoms with Crippen LogP contribution in [0.25, 0.3) is 0 Å². The molecule has 0 aliphatic heterocycles. The summed E-state index contributed by atoms with van der Waals surface area (Å²) in [4.78, 5) is 23.2. The van der Waals surface area contributed by atoms with Crippen LogP contribution in [0.5, 0.6) is 5.75 Å². The maximum atomic E-state index is 12.0. The summed E-state index contributed by atoms with van der Waals surface area (Å²) in [6, 6.07) is 4.67. The highest BCUT2D eigenvalue weighted by molar-refractivity contribution is 5.98. The van der Waals surface area contributed by atoms with Crippen LogP contribution in [-0.2, 0) is 4.79 Å². The minimum atomic E-state index is -0.552. The molecule has 110 valence electrons. The van der Waals surface area contributed by atoms with Crippen molar-refractivity contribution < 1.29 is 14.3 Å². The fourth-order valence-electron chi connectivity index (χ4n) is 1.67. The van der Waals surface area contributed by atoms with Crippen molar-refractivity contribution >= 4 is 17.5 Å². The summed E-state index contributed by atoms with van der Waals surface area (Å²) in [5.74, 6) is -0.411. The monoisotopic (exact) mass is 279 g/mol. The molecule has 0 saturated heterocycles. The largest absolute Gasteiger partial charge is 0.495 e. The summed E-state index contributed by atoms with van der Waals surface area (Å²) in [6.45, 7) is 5.19. The van der Waals surface area contributed by atoms with Gasteiger partial charge in [-0.2, -0.15) is 0 Å². The highest BCUT2D eigenvalue weighted by Crippen LogP contribution is 2.25. The first kappa shape index (κ1) is 16.0. The molecule has 0 fully saturated rings. The van der Waals surface area contributed by atoms with E-state index in [0.29, 0.717) is 23.5 Å². The van der Waals surface area contributed by atoms with Crippen molar-refractivity contribution in [2.45, 2.75) is 13.8 Å². The third kappa shape index (κ3) is 4.24. The quantitative estimate of drug-likeness (QED) is 0.693. The molecule has 6 heteroatoms. The molecule has 4 N–H and O–H groups in total. The van der Waals surface area contributed by atoms with Crippen LogP contribution < -0.4 is 21.1 Å². The van der Waals surface area contributed by atoms with Crippen LogP contribution in [-0.4, -0.2) is 32.0 Å². The summed E-state index contributed by atoms with van der Waals surface area (Å²) in [7, 11) is 1.50. The second-order valence-electron chi connectivity index (χ2n) is 4.48. The summed E-state index contributed by atoms with van der Waals surface area (Å²) in [5.41, 5.74) is 5.99. The number of benzene rings is 1. The highest BCUT2D eigenvalue weighted by atomic mass is 16.5. The molecule has 0 aromatic heterocycles. The van der Waals surface area contributed by atoms with E-state index in [1.54, 1.807) is 12.1 Å². The number of hydrogen-bond acceptors (Lipinski definition) is 4. The Labute approximate surface area is 118 Å². The molecule has 0 radical (unpaired) electrons. The lowest BCUT2D eigenvalue weighted by atomic mass is 10.1. The van der Waals surface area contributed by atoms with E-state index in [0.717, 1.165) is 6.54 Å². The molecule has 0 bridgehead atoms. The Kier molecular flexibility index (Phi) is 5.99. The van der Waals surface area contributed by atoms with Gasteiger partial charge in [0.25, 0.3) is 0 Å². The third-order valence-electron chi connectivity index (χ3n) is 2.89. The number of ether oxygens (including phenoxy) is 1. The van der Waals surface area contributed by atoms with Crippen LogP contribution in [0.15, 0.2) is 18.2 Å². The Morgan fingerprint density at radius 3 is 2.65 bits per heavy atom. The van der Waals surface area contributed by atoms with Crippen LogP contribution in [0.2, 0.25) is 0 Å². The van der Waals surface area contributed by atoms with Gasteiger partial charge in [-0.3, -0.25) is 9.59 Å². The van der Waals surface area contributed by atoms with E-state index in [-0.39, 0.29) is 11.8 Å². The molecule has 0 spiro atoms. The lowest BCUT2D eigenvalue weighted by Gasteiger charge is -2.15. The fourth-order valence-corrected chi connectivity index (χ4v) is 1.67. The average Bonchev–Trinajstić information content (AvgIpc) is 2.44. The van der Waals surface area contributed by atoms with Crippen molar-refractivity contribution in [2.75, 3.05) is 25.5 Å². The van der Waals surface area contributed by atoms with Crippen LogP contribution in [0, 0.1) is 5.92 Å². The average molecular weight is 279 g/mol. The minimum Gasteiger partial charge on any atom is -0.495 e. The van der Waals surface area contributed by atoms with Crippen LogP contribution in [0.3, 0.4) is 0 Å². The first-order chi connectivity index (χ1) is 9.49. The molecule has 1 atom stereocenters. The lowest BCUT2D eigenvalue weighted by molar-refractivity contribution is -0.119. The molecule has 0 saturated carbocycles. The third-order valence-corrected chi connectivity index (χ3v) is 2.89. The number of methoxy groups -OCH3 is 1. The molecular formula is C14H21N3O3. The molecule has 0 aliphatic carbocycles. The number of nitrogens with two attached hydrogens (primary N) is 1. The first-order valence-corrected chi connectivity index (χ1v) is 6.49. The Balaban J connectivity index is 2.86. The zero-order chi connectivity index (χ0) is 15.1. The number of carbonyl (C=O) groups excluding carboxylic acids is 2. The smallest absolute Gasteiger partial charge is 0.248 e. The number of amides is 2. The van der Waals surface area contributed by atoms with E-state index in [9.17, 15) is 9.59 Å². The standard InChI is InChI=1S/C14H21N3O3/c1-4-16-8-9(2)14(19)17-11-7-10(13(15)18)5-6-12(11)20-3/h5-7,9,16H,4,8H2,1-3H3,(H2,15,18)(H,17,19). The molecule has 1 aromatic carbocycles. The summed E-state index contributed by atoms with van der Waals surface area (Å²) >= 11 is 0. The summed E-state index contributed by atoms with van der Waals surface area (Å²) in [5, 5.41) is 5.86. The van der Waals surface area contributed by atoms with Gasteiger partial charge in [0.1, 0.15) is 5.75 Å². The minimum absolute atomic E-state index is 0.147. The second kappa shape index (κ2) is 7.49. The molecule has 0 aliphatic rings. The molecule has 0 heterocycles. The Morgan fingerprint density at radius 1 is 1.40 bits per heavy atom. The van der Waals surface area contributed by atoms with Crippen molar-refractivity contribution in [2.24, 2.45) is 11.7 Å². The van der Waals surface area contributed by atoms with Gasteiger partial charge >= 0.3 is 0 Å². The van der Waals surface area contributed by atoms with Crippen LogP contribution >= 0.6 is 0 Å². The SMILES string of the molecule is CCNCC(C)C(=O)Nc1cc(C(N)=O)ccc1OC. The second-order valence-corrected chi connectivity index (χ2v) is 4.48. The summed E-state index contributed by atoms with van der Waals surface area (Å²) < 4.78 is 5.16. The number of rotatable bonds is 7. The van der Waals surface area contributed by atoms with Crippen LogP contribution in [0.4, 0.5) is 5.69 Å². The van der Waals surface area contributed by atoms with Gasteiger partial charge in [0.2, 0.25) is 11.8 Å². The Bertz CT molecular complexity index is 489. The highest BCUT2D eigenvalue weighted by Gasteiger charge is 2.15. The van der Waals surface area contributed by atoms with Crippen molar-refractivity contribution in [1.82, 2.24) is 5.32 Å². The zero-order valence-electron chi connectivity index (χ0n) is 12.0. The summed E-state index contributed by atoms with van der Waals surface area (Å²) in [6.07, 6.45) is 0. The van der Waals surface area contributed by atoms with E-state index in [1.165, 1.54) is 13.2 Å². The Hall–Kier alpha value is -2.08. The van der Waals surface area contributed by atoms with Gasteiger partial charge in [-0.15, -0.1) is 0 Å². The number of hydrogen-bond donors (Lipinski definition) is 3. The van der Waals surface area contributed by atoms with Gasteiger partial charge in [0.05, 0.1) is 12.8 Å². The van der Waals surface area contributed by atoms with E-state index >= 15 is 0 Å². The molecule has 20 heavy (non-hydrogen) atoms. The van der Waals surface area contributed by atoms with Crippen molar-refractivity contribution in [3.05, 3.63) is 23.8 Å². The van der Waals surface area contributed by atoms with Crippen molar-refractivity contribution in [3.63, 3.8) is 0 Å². The molecular weight excluding hydrogens is 258 g/mol. The number of carbonyl (C=O) groups is 2. The fraction of sp³-hybridized carbons (Fsp3) is 0.429. The van der Waals surface area contributed by atoms with Crippen molar-refractivity contribution in [3.8, 4) is 5.75 Å². The van der Waals surface area contributed by atoms with Gasteiger partial charge in [-0.25, -0.2) is 0 Å². The molecule has 2 amide bonds. The van der Waals surface area contributed by atoms with E-state index in [2.05, 4.69) is 10.6 Å². The topological polar surface area (TPSA) is 93.5 Å². The van der Waals surface area contributed by atoms with Crippen LogP contribution in [0.1, 0.15) is 24.2 Å². The molecule has 1 rings (SSSR count). The van der Waals surface area contributed by atoms with E-state index in [1.807, 2.05) is 13.8 Å². The lowest BCUT2D eigenvalue weighted by Crippen LogP contribution is -2.30. The maximum absolute atomic E-state index is 12.0. The van der Waals surface area contributed by atoms with Crippen molar-refractivity contribution in [1.29, 1.82) is 0 Å². The first-order valence-electron chi connectivity index (χ1n) is 6.49. The number of nitrogens with one attached hydrogen (secondary N) is 2. The predicted molar refractivity (Wildman–Crippen MR) is 77.8 cm³/mol. The molecule has 1 aromatic rings. The van der Waals surface area contributed by atoms with Gasteiger partial charge in [0, 0.05) is 18.0 Å². The van der Waals surface area contributed by atoms with E-state index in [4.69, 9.17) is 10.5 Å². The van der Waals surface area contributed by atoms with Gasteiger partial charge < -0.3 is 21.1 Å². The maximum Gasteiger partial charge on any atom is 0.248 e.